The molecule has 11 nitrogen and oxygen atoms in total. The number of pyridine rings is 1. The number of aromatic hydroxyl groups is 1. The van der Waals surface area contributed by atoms with Gasteiger partial charge in [-0.05, 0) is 96.7 Å². The molecule has 11 heteroatoms. The summed E-state index contributed by atoms with van der Waals surface area (Å²) in [6.45, 7) is 5.63. The maximum Gasteiger partial charge on any atom is 0.256 e. The number of nitrogens with one attached hydrogen (secondary N) is 1. The first-order valence-electron chi connectivity index (χ1n) is 19.8. The van der Waals surface area contributed by atoms with Crippen LogP contribution in [0.1, 0.15) is 82.2 Å². The lowest BCUT2D eigenvalue weighted by atomic mass is 9.69. The molecular formula is C44H48N6O5. The van der Waals surface area contributed by atoms with E-state index in [0.29, 0.717) is 48.7 Å². The maximum atomic E-state index is 13.1. The topological polar surface area (TPSA) is 130 Å². The lowest BCUT2D eigenvalue weighted by Crippen LogP contribution is -2.55. The standard InChI is InChI=1S/C44H48N6O5/c51-33-11-13-35-31(26-33)8-12-34(29-4-2-1-3-5-29)41(35)30-6-9-32(10-7-30)48-20-18-44(55,19-21-48)28-47-22-24-49(25-23-47)39-16-14-36-37(45-39)27-50(43(36)54)38-15-17-40(52)46-42(38)53/h1-7,9-11,13-14,16,26,34,38,41,51,55H,8,12,15,17-25,27-28H2,(H,46,52,53). The predicted octanol–water partition coefficient (Wildman–Crippen LogP) is 4.56. The molecule has 0 bridgehead atoms. The van der Waals surface area contributed by atoms with E-state index in [1.165, 1.54) is 32.8 Å². The van der Waals surface area contributed by atoms with Crippen LogP contribution in [0.4, 0.5) is 11.5 Å². The number of fused-ring (bicyclic) bond motifs is 2. The second kappa shape index (κ2) is 14.4. The average Bonchev–Trinajstić information content (AvgIpc) is 3.53. The molecule has 3 amide bonds. The summed E-state index contributed by atoms with van der Waals surface area (Å²) in [4.78, 5) is 50.5. The van der Waals surface area contributed by atoms with E-state index >= 15 is 0 Å². The number of benzene rings is 3. The Bertz CT molecular complexity index is 2090. The fourth-order valence-electron chi connectivity index (χ4n) is 9.66. The second-order valence-corrected chi connectivity index (χ2v) is 16.0. The van der Waals surface area contributed by atoms with Crippen LogP contribution >= 0.6 is 0 Å². The highest BCUT2D eigenvalue weighted by Gasteiger charge is 2.41. The van der Waals surface area contributed by atoms with Gasteiger partial charge in [-0.3, -0.25) is 24.6 Å². The third-order valence-corrected chi connectivity index (χ3v) is 12.7. The van der Waals surface area contributed by atoms with Crippen LogP contribution in [-0.2, 0) is 22.6 Å². The van der Waals surface area contributed by atoms with Crippen molar-refractivity contribution < 1.29 is 24.6 Å². The van der Waals surface area contributed by atoms with Crippen LogP contribution in [0, 0.1) is 0 Å². The number of phenolic OH excluding ortho intramolecular Hbond substituents is 1. The van der Waals surface area contributed by atoms with Gasteiger partial charge in [0, 0.05) is 63.8 Å². The number of hydrogen-bond acceptors (Lipinski definition) is 9. The van der Waals surface area contributed by atoms with Crippen LogP contribution < -0.4 is 15.1 Å². The molecule has 3 fully saturated rings. The number of piperidine rings is 2. The van der Waals surface area contributed by atoms with Gasteiger partial charge in [0.25, 0.3) is 5.91 Å². The van der Waals surface area contributed by atoms with E-state index in [9.17, 15) is 24.6 Å². The first-order valence-corrected chi connectivity index (χ1v) is 19.8. The molecule has 0 radical (unpaired) electrons. The lowest BCUT2D eigenvalue weighted by molar-refractivity contribution is -0.136. The molecule has 4 aromatic rings. The first kappa shape index (κ1) is 35.4. The molecule has 3 aromatic carbocycles. The predicted molar refractivity (Wildman–Crippen MR) is 209 cm³/mol. The van der Waals surface area contributed by atoms with Crippen LogP contribution in [0.15, 0.2) is 84.9 Å². The third-order valence-electron chi connectivity index (χ3n) is 12.7. The number of phenols is 1. The van der Waals surface area contributed by atoms with Crippen molar-refractivity contribution in [1.82, 2.24) is 20.1 Å². The molecule has 3 saturated heterocycles. The molecule has 1 aromatic heterocycles. The lowest BCUT2D eigenvalue weighted by Gasteiger charge is -2.44. The number of piperazine rings is 1. The maximum absolute atomic E-state index is 13.1. The van der Waals surface area contributed by atoms with Crippen LogP contribution in [0.5, 0.6) is 5.75 Å². The fraction of sp³-hybridized carbons (Fsp3) is 0.409. The van der Waals surface area contributed by atoms with Crippen molar-refractivity contribution in [3.63, 3.8) is 0 Å². The quantitative estimate of drug-likeness (QED) is 0.234. The van der Waals surface area contributed by atoms with Crippen molar-refractivity contribution in [1.29, 1.82) is 0 Å². The largest absolute Gasteiger partial charge is 0.508 e. The van der Waals surface area contributed by atoms with Crippen LogP contribution in [-0.4, -0.2) is 100 Å². The van der Waals surface area contributed by atoms with E-state index < -0.39 is 17.6 Å². The Morgan fingerprint density at radius 1 is 0.782 bits per heavy atom. The Morgan fingerprint density at radius 2 is 1.55 bits per heavy atom. The summed E-state index contributed by atoms with van der Waals surface area (Å²) in [6.07, 6.45) is 3.95. The monoisotopic (exact) mass is 740 g/mol. The van der Waals surface area contributed by atoms with Crippen molar-refractivity contribution in [3.8, 4) is 5.75 Å². The van der Waals surface area contributed by atoms with Crippen molar-refractivity contribution >= 4 is 29.2 Å². The Hall–Kier alpha value is -5.26. The minimum atomic E-state index is -0.745. The summed E-state index contributed by atoms with van der Waals surface area (Å²) in [5, 5.41) is 24.3. The number of hydrogen-bond donors (Lipinski definition) is 3. The number of aromatic nitrogens is 1. The minimum absolute atomic E-state index is 0.213. The molecule has 3 unspecified atom stereocenters. The third kappa shape index (κ3) is 6.95. The molecular weight excluding hydrogens is 693 g/mol. The highest BCUT2D eigenvalue weighted by Crippen LogP contribution is 2.47. The summed E-state index contributed by atoms with van der Waals surface area (Å²) >= 11 is 0. The number of rotatable bonds is 7. The molecule has 284 valence electrons. The molecule has 4 aliphatic heterocycles. The number of amides is 3. The van der Waals surface area contributed by atoms with E-state index in [1.807, 2.05) is 24.3 Å². The normalized spacial score (nSPS) is 24.1. The summed E-state index contributed by atoms with van der Waals surface area (Å²) in [5.74, 6) is 0.791. The van der Waals surface area contributed by atoms with E-state index in [2.05, 4.69) is 80.7 Å². The highest BCUT2D eigenvalue weighted by molar-refractivity contribution is 6.05. The number of carbonyl (C=O) groups is 3. The minimum Gasteiger partial charge on any atom is -0.508 e. The van der Waals surface area contributed by atoms with Crippen molar-refractivity contribution in [2.24, 2.45) is 0 Å². The average molecular weight is 741 g/mol. The van der Waals surface area contributed by atoms with Gasteiger partial charge in [0.05, 0.1) is 23.4 Å². The molecule has 55 heavy (non-hydrogen) atoms. The second-order valence-electron chi connectivity index (χ2n) is 16.0. The van der Waals surface area contributed by atoms with Crippen LogP contribution in [0.3, 0.4) is 0 Å². The van der Waals surface area contributed by atoms with Gasteiger partial charge in [0.2, 0.25) is 11.8 Å². The zero-order valence-corrected chi connectivity index (χ0v) is 31.1. The summed E-state index contributed by atoms with van der Waals surface area (Å²) in [6, 6.07) is 28.7. The van der Waals surface area contributed by atoms with Gasteiger partial charge in [0.1, 0.15) is 17.6 Å². The SMILES string of the molecule is O=C1CCC(N2Cc3nc(N4CCN(CC5(O)CCN(c6ccc(C7c8ccc(O)cc8CCC7c7ccccc7)cc6)CC5)CC4)ccc3C2=O)C(=O)N1. The number of imide groups is 1. The molecule has 5 aliphatic rings. The molecule has 1 aliphatic carbocycles. The number of carbonyl (C=O) groups excluding carboxylic acids is 3. The molecule has 3 atom stereocenters. The number of β-amino-alcohol motifs (C(OH)–C–C–N with tert-alkyl or cyclic N) is 1. The van der Waals surface area contributed by atoms with Gasteiger partial charge < -0.3 is 24.9 Å². The van der Waals surface area contributed by atoms with Gasteiger partial charge in [-0.25, -0.2) is 4.98 Å². The number of aryl methyl sites for hydroxylation is 1. The number of aliphatic hydroxyl groups is 1. The number of nitrogens with zero attached hydrogens (tertiary/aromatic N) is 5. The molecule has 0 saturated carbocycles. The Morgan fingerprint density at radius 3 is 2.29 bits per heavy atom. The van der Waals surface area contributed by atoms with E-state index in [4.69, 9.17) is 4.98 Å². The van der Waals surface area contributed by atoms with E-state index in [-0.39, 0.29) is 30.7 Å². The van der Waals surface area contributed by atoms with Crippen molar-refractivity contribution in [2.75, 3.05) is 55.6 Å². The van der Waals surface area contributed by atoms with Gasteiger partial charge in [0.15, 0.2) is 0 Å². The van der Waals surface area contributed by atoms with Crippen LogP contribution in [0.25, 0.3) is 0 Å². The van der Waals surface area contributed by atoms with Crippen molar-refractivity contribution in [2.45, 2.75) is 68.5 Å². The van der Waals surface area contributed by atoms with Crippen LogP contribution in [0.2, 0.25) is 0 Å². The van der Waals surface area contributed by atoms with Gasteiger partial charge in [-0.15, -0.1) is 0 Å². The van der Waals surface area contributed by atoms with Gasteiger partial charge in [-0.1, -0.05) is 48.5 Å². The van der Waals surface area contributed by atoms with E-state index in [1.54, 1.807) is 0 Å². The van der Waals surface area contributed by atoms with Gasteiger partial charge >= 0.3 is 0 Å². The Labute approximate surface area is 321 Å². The van der Waals surface area contributed by atoms with Gasteiger partial charge in [-0.2, -0.15) is 0 Å². The zero-order valence-electron chi connectivity index (χ0n) is 31.1. The Kier molecular flexibility index (Phi) is 9.30. The zero-order chi connectivity index (χ0) is 37.7. The first-order chi connectivity index (χ1) is 26.7. The molecule has 0 spiro atoms. The fourth-order valence-corrected chi connectivity index (χ4v) is 9.66. The number of anilines is 2. The molecule has 9 rings (SSSR count). The molecule has 5 heterocycles. The summed E-state index contributed by atoms with van der Waals surface area (Å²) in [5.41, 5.74) is 6.79. The molecule has 3 N–H and O–H groups in total. The summed E-state index contributed by atoms with van der Waals surface area (Å²) in [7, 11) is 0. The van der Waals surface area contributed by atoms with E-state index in [0.717, 1.165) is 57.9 Å². The van der Waals surface area contributed by atoms with Crippen molar-refractivity contribution in [3.05, 3.63) is 118 Å². The Balaban J connectivity index is 0.796. The summed E-state index contributed by atoms with van der Waals surface area (Å²) < 4.78 is 0. The highest BCUT2D eigenvalue weighted by atomic mass is 16.3. The smallest absolute Gasteiger partial charge is 0.256 e.